The highest BCUT2D eigenvalue weighted by atomic mass is 28.3. The molecule has 0 amide bonds. The molecule has 0 heterocycles. The SMILES string of the molecule is CCN(CC)[Si](C)(C)c1ccccc1. The fourth-order valence-corrected chi connectivity index (χ4v) is 5.00. The molecule has 1 rings (SSSR count). The first-order valence-corrected chi connectivity index (χ1v) is 8.38. The van der Waals surface area contributed by atoms with Crippen LogP contribution in [0.5, 0.6) is 0 Å². The minimum Gasteiger partial charge on any atom is -0.321 e. The second-order valence-electron chi connectivity index (χ2n) is 4.10. The summed E-state index contributed by atoms with van der Waals surface area (Å²) < 4.78 is 2.61. The Morgan fingerprint density at radius 2 is 1.50 bits per heavy atom. The molecule has 0 spiro atoms. The van der Waals surface area contributed by atoms with Crippen LogP contribution in [-0.2, 0) is 0 Å². The molecule has 14 heavy (non-hydrogen) atoms. The summed E-state index contributed by atoms with van der Waals surface area (Å²) in [6, 6.07) is 10.9. The third kappa shape index (κ3) is 2.25. The van der Waals surface area contributed by atoms with Crippen LogP contribution in [0.4, 0.5) is 0 Å². The van der Waals surface area contributed by atoms with Crippen LogP contribution in [0.3, 0.4) is 0 Å². The quantitative estimate of drug-likeness (QED) is 0.686. The lowest BCUT2D eigenvalue weighted by molar-refractivity contribution is 0.474. The fraction of sp³-hybridized carbons (Fsp3) is 0.500. The van der Waals surface area contributed by atoms with E-state index in [2.05, 4.69) is 61.8 Å². The van der Waals surface area contributed by atoms with Gasteiger partial charge in [0.15, 0.2) is 8.24 Å². The number of hydrogen-bond donors (Lipinski definition) is 0. The fourth-order valence-electron chi connectivity index (χ4n) is 2.04. The van der Waals surface area contributed by atoms with Gasteiger partial charge in [0, 0.05) is 0 Å². The Morgan fingerprint density at radius 3 is 1.93 bits per heavy atom. The summed E-state index contributed by atoms with van der Waals surface area (Å²) in [6.45, 7) is 11.7. The summed E-state index contributed by atoms with van der Waals surface area (Å²) in [4.78, 5) is 0. The van der Waals surface area contributed by atoms with Crippen molar-refractivity contribution in [2.75, 3.05) is 13.1 Å². The minimum atomic E-state index is -1.38. The molecule has 0 aliphatic carbocycles. The molecule has 78 valence electrons. The van der Waals surface area contributed by atoms with Crippen LogP contribution >= 0.6 is 0 Å². The molecule has 1 nitrogen and oxygen atoms in total. The Morgan fingerprint density at radius 1 is 1.00 bits per heavy atom. The van der Waals surface area contributed by atoms with E-state index in [9.17, 15) is 0 Å². The normalized spacial score (nSPS) is 12.1. The van der Waals surface area contributed by atoms with Crippen molar-refractivity contribution in [2.45, 2.75) is 26.9 Å². The maximum absolute atomic E-state index is 2.61. The van der Waals surface area contributed by atoms with Crippen molar-refractivity contribution in [1.82, 2.24) is 4.57 Å². The smallest absolute Gasteiger partial charge is 0.154 e. The molecular weight excluding hydrogens is 186 g/mol. The molecule has 0 saturated carbocycles. The number of hydrogen-bond acceptors (Lipinski definition) is 1. The summed E-state index contributed by atoms with van der Waals surface area (Å²) in [5.41, 5.74) is 0. The maximum Gasteiger partial charge on any atom is 0.154 e. The van der Waals surface area contributed by atoms with E-state index in [1.54, 1.807) is 0 Å². The molecule has 0 unspecified atom stereocenters. The van der Waals surface area contributed by atoms with Gasteiger partial charge in [-0.1, -0.05) is 57.3 Å². The minimum absolute atomic E-state index is 1.16. The summed E-state index contributed by atoms with van der Waals surface area (Å²) in [5.74, 6) is 0. The van der Waals surface area contributed by atoms with Gasteiger partial charge in [-0.3, -0.25) is 0 Å². The zero-order valence-electron chi connectivity index (χ0n) is 9.75. The first kappa shape index (κ1) is 11.5. The number of rotatable bonds is 4. The predicted octanol–water partition coefficient (Wildman–Crippen LogP) is 2.44. The second-order valence-corrected chi connectivity index (χ2v) is 8.43. The standard InChI is InChI=1S/C12H21NSi/c1-5-13(6-2)14(3,4)12-10-8-7-9-11-12/h7-11H,5-6H2,1-4H3. The highest BCUT2D eigenvalue weighted by molar-refractivity contribution is 6.87. The van der Waals surface area contributed by atoms with Crippen molar-refractivity contribution in [1.29, 1.82) is 0 Å². The van der Waals surface area contributed by atoms with Gasteiger partial charge in [0.05, 0.1) is 0 Å². The molecule has 0 bridgehead atoms. The van der Waals surface area contributed by atoms with Gasteiger partial charge in [-0.05, 0) is 18.3 Å². The van der Waals surface area contributed by atoms with Crippen LogP contribution < -0.4 is 5.19 Å². The molecule has 0 fully saturated rings. The van der Waals surface area contributed by atoms with E-state index in [1.165, 1.54) is 5.19 Å². The van der Waals surface area contributed by atoms with Gasteiger partial charge >= 0.3 is 0 Å². The Balaban J connectivity index is 2.94. The Hall–Kier alpha value is -0.603. The summed E-state index contributed by atoms with van der Waals surface area (Å²) >= 11 is 0. The van der Waals surface area contributed by atoms with Crippen LogP contribution in [0, 0.1) is 0 Å². The van der Waals surface area contributed by atoms with E-state index < -0.39 is 8.24 Å². The number of benzene rings is 1. The molecule has 0 aliphatic heterocycles. The molecule has 1 aromatic carbocycles. The zero-order valence-corrected chi connectivity index (χ0v) is 10.7. The van der Waals surface area contributed by atoms with Crippen molar-refractivity contribution in [3.8, 4) is 0 Å². The first-order chi connectivity index (χ1) is 6.62. The van der Waals surface area contributed by atoms with Gasteiger partial charge in [-0.2, -0.15) is 0 Å². The first-order valence-electron chi connectivity index (χ1n) is 5.43. The Labute approximate surface area is 88.8 Å². The van der Waals surface area contributed by atoms with E-state index in [0.29, 0.717) is 0 Å². The lowest BCUT2D eigenvalue weighted by atomic mass is 10.4. The van der Waals surface area contributed by atoms with Crippen molar-refractivity contribution < 1.29 is 0 Å². The average molecular weight is 207 g/mol. The van der Waals surface area contributed by atoms with Crippen LogP contribution in [0.2, 0.25) is 13.1 Å². The van der Waals surface area contributed by atoms with Gasteiger partial charge in [-0.25, -0.2) is 0 Å². The van der Waals surface area contributed by atoms with E-state index in [0.717, 1.165) is 13.1 Å². The van der Waals surface area contributed by atoms with E-state index >= 15 is 0 Å². The van der Waals surface area contributed by atoms with Crippen molar-refractivity contribution in [3.63, 3.8) is 0 Å². The van der Waals surface area contributed by atoms with Crippen LogP contribution in [-0.4, -0.2) is 25.9 Å². The van der Waals surface area contributed by atoms with Crippen molar-refractivity contribution in [3.05, 3.63) is 30.3 Å². The Bertz CT molecular complexity index is 265. The van der Waals surface area contributed by atoms with Gasteiger partial charge in [0.1, 0.15) is 0 Å². The summed E-state index contributed by atoms with van der Waals surface area (Å²) in [7, 11) is -1.38. The van der Waals surface area contributed by atoms with Gasteiger partial charge in [-0.15, -0.1) is 0 Å². The molecule has 0 aromatic heterocycles. The zero-order chi connectivity index (χ0) is 10.6. The van der Waals surface area contributed by atoms with Crippen molar-refractivity contribution >= 4 is 13.4 Å². The Kier molecular flexibility index (Phi) is 3.90. The lowest BCUT2D eigenvalue weighted by Crippen LogP contribution is -2.57. The molecule has 0 aliphatic rings. The van der Waals surface area contributed by atoms with Crippen LogP contribution in [0.25, 0.3) is 0 Å². The van der Waals surface area contributed by atoms with E-state index in [1.807, 2.05) is 0 Å². The van der Waals surface area contributed by atoms with Crippen molar-refractivity contribution in [2.24, 2.45) is 0 Å². The average Bonchev–Trinajstić information content (AvgIpc) is 2.20. The topological polar surface area (TPSA) is 3.24 Å². The molecule has 1 aromatic rings. The van der Waals surface area contributed by atoms with Gasteiger partial charge in [0.2, 0.25) is 0 Å². The highest BCUT2D eigenvalue weighted by Gasteiger charge is 2.28. The van der Waals surface area contributed by atoms with E-state index in [-0.39, 0.29) is 0 Å². The predicted molar refractivity (Wildman–Crippen MR) is 66.5 cm³/mol. The summed E-state index contributed by atoms with van der Waals surface area (Å²) in [5, 5.41) is 1.53. The van der Waals surface area contributed by atoms with Crippen LogP contribution in [0.1, 0.15) is 13.8 Å². The lowest BCUT2D eigenvalue weighted by Gasteiger charge is -2.35. The largest absolute Gasteiger partial charge is 0.321 e. The molecule has 0 N–H and O–H groups in total. The maximum atomic E-state index is 2.61. The monoisotopic (exact) mass is 207 g/mol. The molecular formula is C12H21NSi. The molecule has 2 heteroatoms. The number of nitrogens with zero attached hydrogens (tertiary/aromatic N) is 1. The van der Waals surface area contributed by atoms with Gasteiger partial charge in [0.25, 0.3) is 0 Å². The third-order valence-electron chi connectivity index (χ3n) is 3.03. The van der Waals surface area contributed by atoms with Crippen LogP contribution in [0.15, 0.2) is 30.3 Å². The molecule has 0 saturated heterocycles. The van der Waals surface area contributed by atoms with E-state index in [4.69, 9.17) is 0 Å². The van der Waals surface area contributed by atoms with Gasteiger partial charge < -0.3 is 4.57 Å². The molecule has 0 atom stereocenters. The highest BCUT2D eigenvalue weighted by Crippen LogP contribution is 2.09. The second kappa shape index (κ2) is 4.76. The third-order valence-corrected chi connectivity index (χ3v) is 6.99. The summed E-state index contributed by atoms with van der Waals surface area (Å²) in [6.07, 6.45) is 0. The molecule has 0 radical (unpaired) electrons.